The average molecular weight is 278 g/mol. The van der Waals surface area contributed by atoms with Crippen LogP contribution in [0.5, 0.6) is 0 Å². The van der Waals surface area contributed by atoms with E-state index in [4.69, 9.17) is 15.2 Å². The van der Waals surface area contributed by atoms with Crippen molar-refractivity contribution in [3.05, 3.63) is 29.8 Å². The van der Waals surface area contributed by atoms with Crippen LogP contribution in [0.1, 0.15) is 18.4 Å². The van der Waals surface area contributed by atoms with Crippen molar-refractivity contribution in [1.82, 2.24) is 5.32 Å². The molecule has 0 spiro atoms. The molecule has 0 saturated carbocycles. The summed E-state index contributed by atoms with van der Waals surface area (Å²) in [6.07, 6.45) is 1.99. The lowest BCUT2D eigenvalue weighted by molar-refractivity contribution is -0.122. The minimum absolute atomic E-state index is 0.0325. The molecular weight excluding hydrogens is 256 g/mol. The van der Waals surface area contributed by atoms with E-state index in [1.165, 1.54) is 0 Å². The number of benzene rings is 1. The highest BCUT2D eigenvalue weighted by molar-refractivity contribution is 5.76. The predicted molar refractivity (Wildman–Crippen MR) is 77.4 cm³/mol. The van der Waals surface area contributed by atoms with Gasteiger partial charge in [-0.05, 0) is 24.1 Å². The fraction of sp³-hybridized carbons (Fsp3) is 0.533. The van der Waals surface area contributed by atoms with Crippen molar-refractivity contribution in [2.24, 2.45) is 0 Å². The lowest BCUT2D eigenvalue weighted by atomic mass is 10.0. The summed E-state index contributed by atoms with van der Waals surface area (Å²) in [5.41, 5.74) is 7.12. The van der Waals surface area contributed by atoms with Gasteiger partial charge in [-0.3, -0.25) is 4.79 Å². The lowest BCUT2D eigenvalue weighted by Crippen LogP contribution is -2.45. The monoisotopic (exact) mass is 278 g/mol. The molecule has 1 amide bonds. The lowest BCUT2D eigenvalue weighted by Gasteiger charge is -2.25. The molecule has 0 aromatic heterocycles. The van der Waals surface area contributed by atoms with Crippen molar-refractivity contribution in [2.75, 3.05) is 32.6 Å². The molecule has 3 N–H and O–H groups in total. The Hall–Kier alpha value is -1.59. The largest absolute Gasteiger partial charge is 0.399 e. The van der Waals surface area contributed by atoms with Gasteiger partial charge in [-0.2, -0.15) is 0 Å². The van der Waals surface area contributed by atoms with Crippen molar-refractivity contribution in [3.63, 3.8) is 0 Å². The summed E-state index contributed by atoms with van der Waals surface area (Å²) in [5, 5.41) is 2.93. The number of nitrogens with two attached hydrogens (primary N) is 1. The first kappa shape index (κ1) is 14.8. The van der Waals surface area contributed by atoms with Crippen LogP contribution in [0.3, 0.4) is 0 Å². The van der Waals surface area contributed by atoms with Gasteiger partial charge in [0.05, 0.1) is 6.61 Å². The highest BCUT2D eigenvalue weighted by Crippen LogP contribution is 2.21. The highest BCUT2D eigenvalue weighted by atomic mass is 16.5. The summed E-state index contributed by atoms with van der Waals surface area (Å²) in [7, 11) is 1.66. The van der Waals surface area contributed by atoms with Crippen LogP contribution in [0, 0.1) is 0 Å². The number of aryl methyl sites for hydroxylation is 1. The van der Waals surface area contributed by atoms with Crippen molar-refractivity contribution < 1.29 is 14.3 Å². The molecule has 5 heteroatoms. The number of rotatable bonds is 6. The number of anilines is 1. The van der Waals surface area contributed by atoms with Gasteiger partial charge in [0, 0.05) is 38.8 Å². The van der Waals surface area contributed by atoms with Crippen molar-refractivity contribution in [3.8, 4) is 0 Å². The zero-order valence-electron chi connectivity index (χ0n) is 11.9. The summed E-state index contributed by atoms with van der Waals surface area (Å²) < 4.78 is 10.8. The molecule has 1 aromatic rings. The van der Waals surface area contributed by atoms with Crippen LogP contribution < -0.4 is 11.1 Å². The van der Waals surface area contributed by atoms with E-state index in [9.17, 15) is 4.79 Å². The Kier molecular flexibility index (Phi) is 4.98. The molecular formula is C15H22N2O3. The smallest absolute Gasteiger partial charge is 0.220 e. The van der Waals surface area contributed by atoms with Crippen molar-refractivity contribution >= 4 is 11.6 Å². The molecule has 110 valence electrons. The summed E-state index contributed by atoms with van der Waals surface area (Å²) in [5.74, 6) is 0.0325. The predicted octanol–water partition coefficient (Wildman–Crippen LogP) is 1.12. The second-order valence-electron chi connectivity index (χ2n) is 5.21. The minimum atomic E-state index is -0.350. The third-order valence-corrected chi connectivity index (χ3v) is 3.73. The van der Waals surface area contributed by atoms with E-state index >= 15 is 0 Å². The number of carbonyl (C=O) groups is 1. The molecule has 1 fully saturated rings. The maximum absolute atomic E-state index is 11.9. The van der Waals surface area contributed by atoms with Gasteiger partial charge in [0.2, 0.25) is 5.91 Å². The maximum Gasteiger partial charge on any atom is 0.220 e. The summed E-state index contributed by atoms with van der Waals surface area (Å²) in [6, 6.07) is 7.60. The first-order chi connectivity index (χ1) is 9.63. The van der Waals surface area contributed by atoms with Gasteiger partial charge < -0.3 is 20.5 Å². The Bertz CT molecular complexity index is 439. The number of hydrogen-bond acceptors (Lipinski definition) is 4. The number of carbonyl (C=O) groups excluding carboxylic acids is 1. The molecule has 5 nitrogen and oxygen atoms in total. The van der Waals surface area contributed by atoms with Gasteiger partial charge in [0.1, 0.15) is 5.60 Å². The van der Waals surface area contributed by atoms with Gasteiger partial charge in [0.15, 0.2) is 0 Å². The maximum atomic E-state index is 11.9. The van der Waals surface area contributed by atoms with E-state index in [1.807, 2.05) is 24.3 Å². The Morgan fingerprint density at radius 1 is 1.45 bits per heavy atom. The third-order valence-electron chi connectivity index (χ3n) is 3.73. The van der Waals surface area contributed by atoms with Crippen molar-refractivity contribution in [2.45, 2.75) is 24.9 Å². The molecule has 1 saturated heterocycles. The van der Waals surface area contributed by atoms with E-state index in [-0.39, 0.29) is 11.5 Å². The normalized spacial score (nSPS) is 21.9. The van der Waals surface area contributed by atoms with Gasteiger partial charge in [-0.1, -0.05) is 12.1 Å². The van der Waals surface area contributed by atoms with Crippen LogP contribution in [0.25, 0.3) is 0 Å². The van der Waals surface area contributed by atoms with E-state index in [0.717, 1.165) is 17.7 Å². The van der Waals surface area contributed by atoms with Crippen molar-refractivity contribution in [1.29, 1.82) is 0 Å². The molecule has 1 aliphatic heterocycles. The van der Waals surface area contributed by atoms with Gasteiger partial charge >= 0.3 is 0 Å². The number of ether oxygens (including phenoxy) is 2. The Balaban J connectivity index is 1.74. The zero-order valence-corrected chi connectivity index (χ0v) is 11.9. The fourth-order valence-corrected chi connectivity index (χ4v) is 2.25. The average Bonchev–Trinajstić information content (AvgIpc) is 2.94. The summed E-state index contributed by atoms with van der Waals surface area (Å²) in [6.45, 7) is 1.74. The standard InChI is InChI=1S/C15H22N2O3/c1-19-15(8-9-20-11-15)10-17-14(18)7-4-12-2-5-13(16)6-3-12/h2-3,5-6H,4,7-11,16H2,1H3,(H,17,18). The molecule has 0 bridgehead atoms. The minimum Gasteiger partial charge on any atom is -0.399 e. The Morgan fingerprint density at radius 2 is 2.20 bits per heavy atom. The number of methoxy groups -OCH3 is 1. The van der Waals surface area contributed by atoms with E-state index in [1.54, 1.807) is 7.11 Å². The Labute approximate surface area is 119 Å². The second kappa shape index (κ2) is 6.72. The van der Waals surface area contributed by atoms with Gasteiger partial charge in [0.25, 0.3) is 0 Å². The van der Waals surface area contributed by atoms with Crippen LogP contribution in [0.2, 0.25) is 0 Å². The third kappa shape index (κ3) is 3.95. The second-order valence-corrected chi connectivity index (χ2v) is 5.21. The van der Waals surface area contributed by atoms with Crippen LogP contribution in [0.4, 0.5) is 5.69 Å². The molecule has 1 aliphatic rings. The summed E-state index contributed by atoms with van der Waals surface area (Å²) in [4.78, 5) is 11.9. The first-order valence-electron chi connectivity index (χ1n) is 6.88. The topological polar surface area (TPSA) is 73.6 Å². The molecule has 20 heavy (non-hydrogen) atoms. The van der Waals surface area contributed by atoms with E-state index in [2.05, 4.69) is 5.32 Å². The van der Waals surface area contributed by atoms with E-state index < -0.39 is 0 Å². The number of nitrogen functional groups attached to an aromatic ring is 1. The summed E-state index contributed by atoms with van der Waals surface area (Å²) >= 11 is 0. The highest BCUT2D eigenvalue weighted by Gasteiger charge is 2.35. The van der Waals surface area contributed by atoms with Crippen LogP contribution >= 0.6 is 0 Å². The molecule has 1 unspecified atom stereocenters. The zero-order chi connectivity index (χ0) is 14.4. The Morgan fingerprint density at radius 3 is 2.80 bits per heavy atom. The molecule has 1 heterocycles. The number of amides is 1. The SMILES string of the molecule is COC1(CNC(=O)CCc2ccc(N)cc2)CCOC1. The van der Waals surface area contributed by atoms with Crippen LogP contribution in [-0.4, -0.2) is 38.4 Å². The molecule has 0 aliphatic carbocycles. The number of hydrogen-bond donors (Lipinski definition) is 2. The van der Waals surface area contributed by atoms with Gasteiger partial charge in [-0.25, -0.2) is 0 Å². The molecule has 1 atom stereocenters. The fourth-order valence-electron chi connectivity index (χ4n) is 2.25. The quantitative estimate of drug-likeness (QED) is 0.765. The first-order valence-corrected chi connectivity index (χ1v) is 6.88. The van der Waals surface area contributed by atoms with Crippen LogP contribution in [-0.2, 0) is 20.7 Å². The molecule has 2 rings (SSSR count). The number of nitrogens with one attached hydrogen (secondary N) is 1. The molecule has 1 aromatic carbocycles. The van der Waals surface area contributed by atoms with Gasteiger partial charge in [-0.15, -0.1) is 0 Å². The molecule has 0 radical (unpaired) electrons. The van der Waals surface area contributed by atoms with Crippen LogP contribution in [0.15, 0.2) is 24.3 Å². The van der Waals surface area contributed by atoms with E-state index in [0.29, 0.717) is 32.6 Å².